The molecule has 0 saturated heterocycles. The maximum atomic E-state index is 11.4. The Morgan fingerprint density at radius 2 is 1.67 bits per heavy atom. The molecule has 1 aromatic carbocycles. The van der Waals surface area contributed by atoms with E-state index in [4.69, 9.17) is 9.78 Å². The Balaban J connectivity index is 3.04. The van der Waals surface area contributed by atoms with Gasteiger partial charge in [0.25, 0.3) is 5.79 Å². The molecular formula is C17H22O7. The third kappa shape index (κ3) is 4.81. The highest BCUT2D eigenvalue weighted by Gasteiger charge is 2.49. The zero-order valence-electron chi connectivity index (χ0n) is 14.2. The second kappa shape index (κ2) is 8.47. The van der Waals surface area contributed by atoms with Gasteiger partial charge in [-0.2, -0.15) is 0 Å². The normalized spacial score (nSPS) is 13.5. The lowest BCUT2D eigenvalue weighted by Gasteiger charge is -2.39. The van der Waals surface area contributed by atoms with Crippen LogP contribution in [-0.2, 0) is 34.5 Å². The molecule has 24 heavy (non-hydrogen) atoms. The van der Waals surface area contributed by atoms with Gasteiger partial charge in [0, 0.05) is 6.08 Å². The summed E-state index contributed by atoms with van der Waals surface area (Å²) >= 11 is 0. The number of hydrogen-bond acceptors (Lipinski definition) is 7. The SMILES string of the molecule is C=CC(=O)OOC(C)(OOC(=O)OCC)C(C)(C)c1ccccc1. The standard InChI is InChI=1S/C17H22O7/c1-6-14(18)21-23-17(5,24-22-15(19)20-7-2)16(3,4)13-11-9-8-10-12-13/h6,8-12H,1,7H2,2-5H3. The van der Waals surface area contributed by atoms with Crippen LogP contribution in [0.5, 0.6) is 0 Å². The van der Waals surface area contributed by atoms with Crippen molar-refractivity contribution in [3.63, 3.8) is 0 Å². The molecule has 0 aliphatic carbocycles. The third-order valence-corrected chi connectivity index (χ3v) is 3.61. The molecule has 1 unspecified atom stereocenters. The van der Waals surface area contributed by atoms with Gasteiger partial charge in [0.2, 0.25) is 0 Å². The van der Waals surface area contributed by atoms with E-state index in [0.29, 0.717) is 0 Å². The lowest BCUT2D eigenvalue weighted by molar-refractivity contribution is -0.490. The molecule has 0 radical (unpaired) electrons. The monoisotopic (exact) mass is 338 g/mol. The third-order valence-electron chi connectivity index (χ3n) is 3.61. The van der Waals surface area contributed by atoms with Crippen molar-refractivity contribution in [2.24, 2.45) is 0 Å². The molecule has 0 fully saturated rings. The number of benzene rings is 1. The van der Waals surface area contributed by atoms with Gasteiger partial charge < -0.3 is 4.74 Å². The molecule has 0 spiro atoms. The Labute approximate surface area is 141 Å². The average molecular weight is 338 g/mol. The maximum absolute atomic E-state index is 11.4. The molecule has 0 N–H and O–H groups in total. The molecule has 1 atom stereocenters. The number of rotatable bonds is 8. The van der Waals surface area contributed by atoms with Crippen LogP contribution in [0.25, 0.3) is 0 Å². The predicted molar refractivity (Wildman–Crippen MR) is 84.4 cm³/mol. The zero-order chi connectivity index (χ0) is 18.2. The summed E-state index contributed by atoms with van der Waals surface area (Å²) in [7, 11) is 0. The fourth-order valence-electron chi connectivity index (χ4n) is 1.75. The molecule has 1 aromatic rings. The molecule has 1 rings (SSSR count). The zero-order valence-corrected chi connectivity index (χ0v) is 14.2. The first-order valence-corrected chi connectivity index (χ1v) is 7.37. The minimum absolute atomic E-state index is 0.118. The summed E-state index contributed by atoms with van der Waals surface area (Å²) in [5, 5.41) is 0. The van der Waals surface area contributed by atoms with E-state index in [0.717, 1.165) is 11.6 Å². The van der Waals surface area contributed by atoms with Crippen LogP contribution in [0.3, 0.4) is 0 Å². The highest BCUT2D eigenvalue weighted by molar-refractivity contribution is 5.80. The van der Waals surface area contributed by atoms with Gasteiger partial charge >= 0.3 is 12.1 Å². The number of carbonyl (C=O) groups excluding carboxylic acids is 2. The van der Waals surface area contributed by atoms with Crippen molar-refractivity contribution in [3.8, 4) is 0 Å². The van der Waals surface area contributed by atoms with Crippen LogP contribution in [0.4, 0.5) is 4.79 Å². The second-order valence-electron chi connectivity index (χ2n) is 5.48. The second-order valence-corrected chi connectivity index (χ2v) is 5.48. The first-order chi connectivity index (χ1) is 11.3. The Morgan fingerprint density at radius 1 is 1.08 bits per heavy atom. The molecule has 0 heterocycles. The lowest BCUT2D eigenvalue weighted by atomic mass is 9.77. The lowest BCUT2D eigenvalue weighted by Crippen LogP contribution is -2.50. The van der Waals surface area contributed by atoms with Crippen LogP contribution in [0.2, 0.25) is 0 Å². The summed E-state index contributed by atoms with van der Waals surface area (Å²) in [6, 6.07) is 9.19. The quantitative estimate of drug-likeness (QED) is 0.236. The van der Waals surface area contributed by atoms with E-state index in [1.807, 2.05) is 30.3 Å². The molecule has 132 valence electrons. The summed E-state index contributed by atoms with van der Waals surface area (Å²) in [6.45, 7) is 10.0. The minimum Gasteiger partial charge on any atom is -0.433 e. The Bertz CT molecular complexity index is 568. The average Bonchev–Trinajstić information content (AvgIpc) is 2.58. The van der Waals surface area contributed by atoms with Crippen molar-refractivity contribution in [2.75, 3.05) is 6.61 Å². The fourth-order valence-corrected chi connectivity index (χ4v) is 1.75. The minimum atomic E-state index is -1.65. The van der Waals surface area contributed by atoms with Crippen LogP contribution in [0.1, 0.15) is 33.3 Å². The molecule has 0 saturated carbocycles. The molecule has 0 amide bonds. The van der Waals surface area contributed by atoms with Crippen LogP contribution in [0.15, 0.2) is 43.0 Å². The van der Waals surface area contributed by atoms with Crippen molar-refractivity contribution in [1.82, 2.24) is 0 Å². The molecule has 7 nitrogen and oxygen atoms in total. The van der Waals surface area contributed by atoms with Gasteiger partial charge in [-0.25, -0.2) is 9.59 Å². The van der Waals surface area contributed by atoms with E-state index in [1.165, 1.54) is 6.92 Å². The van der Waals surface area contributed by atoms with Crippen molar-refractivity contribution >= 4 is 12.1 Å². The molecule has 0 aliphatic rings. The van der Waals surface area contributed by atoms with Gasteiger partial charge in [0.1, 0.15) is 0 Å². The summed E-state index contributed by atoms with van der Waals surface area (Å²) in [6.07, 6.45) is -0.103. The van der Waals surface area contributed by atoms with Gasteiger partial charge in [-0.05, 0) is 19.4 Å². The maximum Gasteiger partial charge on any atom is 0.540 e. The molecule has 0 bridgehead atoms. The van der Waals surface area contributed by atoms with Gasteiger partial charge in [0.05, 0.1) is 12.0 Å². The van der Waals surface area contributed by atoms with E-state index in [1.54, 1.807) is 20.8 Å². The Kier molecular flexibility index (Phi) is 6.94. The topological polar surface area (TPSA) is 80.3 Å². The van der Waals surface area contributed by atoms with Crippen LogP contribution >= 0.6 is 0 Å². The van der Waals surface area contributed by atoms with E-state index >= 15 is 0 Å². The predicted octanol–water partition coefficient (Wildman–Crippen LogP) is 3.45. The molecule has 7 heteroatoms. The van der Waals surface area contributed by atoms with Gasteiger partial charge in [-0.1, -0.05) is 50.8 Å². The molecular weight excluding hydrogens is 316 g/mol. The van der Waals surface area contributed by atoms with Crippen molar-refractivity contribution in [2.45, 2.75) is 38.9 Å². The van der Waals surface area contributed by atoms with E-state index in [-0.39, 0.29) is 6.61 Å². The highest BCUT2D eigenvalue weighted by atomic mass is 17.3. The van der Waals surface area contributed by atoms with Gasteiger partial charge in [-0.3, -0.25) is 9.78 Å². The molecule has 0 aliphatic heterocycles. The Morgan fingerprint density at radius 3 is 2.21 bits per heavy atom. The summed E-state index contributed by atoms with van der Waals surface area (Å²) in [5.41, 5.74) is -0.0722. The highest BCUT2D eigenvalue weighted by Crippen LogP contribution is 2.39. The fraction of sp³-hybridized carbons (Fsp3) is 0.412. The van der Waals surface area contributed by atoms with Gasteiger partial charge in [-0.15, -0.1) is 9.78 Å². The van der Waals surface area contributed by atoms with Gasteiger partial charge in [0.15, 0.2) is 0 Å². The van der Waals surface area contributed by atoms with E-state index in [2.05, 4.69) is 21.1 Å². The van der Waals surface area contributed by atoms with E-state index < -0.39 is 23.3 Å². The van der Waals surface area contributed by atoms with Crippen LogP contribution < -0.4 is 0 Å². The first kappa shape index (κ1) is 19.7. The number of carbonyl (C=O) groups is 2. The first-order valence-electron chi connectivity index (χ1n) is 7.37. The van der Waals surface area contributed by atoms with Crippen molar-refractivity contribution in [1.29, 1.82) is 0 Å². The number of ether oxygens (including phenoxy) is 1. The van der Waals surface area contributed by atoms with E-state index in [9.17, 15) is 9.59 Å². The molecule has 0 aromatic heterocycles. The van der Waals surface area contributed by atoms with Crippen molar-refractivity contribution < 1.29 is 33.9 Å². The summed E-state index contributed by atoms with van der Waals surface area (Å²) in [5.74, 6) is -2.47. The van der Waals surface area contributed by atoms with Crippen LogP contribution in [-0.4, -0.2) is 24.5 Å². The van der Waals surface area contributed by atoms with Crippen molar-refractivity contribution in [3.05, 3.63) is 48.6 Å². The Hall–Kier alpha value is -2.38. The number of hydrogen-bond donors (Lipinski definition) is 0. The largest absolute Gasteiger partial charge is 0.540 e. The smallest absolute Gasteiger partial charge is 0.433 e. The summed E-state index contributed by atoms with van der Waals surface area (Å²) in [4.78, 5) is 42.3. The van der Waals surface area contributed by atoms with Crippen LogP contribution in [0, 0.1) is 0 Å². The summed E-state index contributed by atoms with van der Waals surface area (Å²) < 4.78 is 4.64.